The maximum Gasteiger partial charge on any atom is 0.406 e. The quantitative estimate of drug-likeness (QED) is 0.848. The molecule has 1 N–H and O–H groups in total. The van der Waals surface area contributed by atoms with Crippen LogP contribution in [0.25, 0.3) is 0 Å². The second-order valence-electron chi connectivity index (χ2n) is 4.12. The molecule has 0 aliphatic carbocycles. The Labute approximate surface area is 103 Å². The van der Waals surface area contributed by atoms with Gasteiger partial charge in [-0.25, -0.2) is 4.79 Å². The molecule has 0 saturated carbocycles. The van der Waals surface area contributed by atoms with Crippen LogP contribution in [0, 0.1) is 0 Å². The molecule has 1 unspecified atom stereocenters. The first-order valence-corrected chi connectivity index (χ1v) is 5.69. The summed E-state index contributed by atoms with van der Waals surface area (Å²) in [7, 11) is 3.41. The first-order chi connectivity index (χ1) is 8.13. The number of likely N-dealkylation sites (N-methyl/N-ethyl adjacent to an activating group) is 1. The van der Waals surface area contributed by atoms with Gasteiger partial charge in [-0.3, -0.25) is 4.90 Å². The van der Waals surface area contributed by atoms with E-state index < -0.39 is 0 Å². The van der Waals surface area contributed by atoms with E-state index >= 15 is 0 Å². The highest BCUT2D eigenvalue weighted by Crippen LogP contribution is 2.05. The molecule has 1 amide bonds. The van der Waals surface area contributed by atoms with Crippen LogP contribution in [0.1, 0.15) is 12.5 Å². The Kier molecular flexibility index (Phi) is 5.49. The molecule has 0 aliphatic heterocycles. The van der Waals surface area contributed by atoms with Gasteiger partial charge in [0.25, 0.3) is 0 Å². The molecule has 0 saturated heterocycles. The van der Waals surface area contributed by atoms with Crippen LogP contribution in [0.15, 0.2) is 30.3 Å². The van der Waals surface area contributed by atoms with E-state index in [0.29, 0.717) is 6.54 Å². The minimum atomic E-state index is -0.384. The van der Waals surface area contributed by atoms with Crippen LogP contribution in [0.5, 0.6) is 0 Å². The lowest BCUT2D eigenvalue weighted by atomic mass is 10.2. The third-order valence-corrected chi connectivity index (χ3v) is 2.75. The average Bonchev–Trinajstić information content (AvgIpc) is 2.36. The molecular weight excluding hydrogens is 216 g/mol. The van der Waals surface area contributed by atoms with Crippen molar-refractivity contribution >= 4 is 6.09 Å². The fraction of sp³-hybridized carbons (Fsp3) is 0.462. The first-order valence-electron chi connectivity index (χ1n) is 5.69. The van der Waals surface area contributed by atoms with Crippen molar-refractivity contribution in [1.29, 1.82) is 0 Å². The molecule has 0 aliphatic rings. The maximum atomic E-state index is 10.9. The van der Waals surface area contributed by atoms with Gasteiger partial charge in [0.2, 0.25) is 0 Å². The van der Waals surface area contributed by atoms with Gasteiger partial charge < -0.3 is 10.1 Å². The molecule has 1 atom stereocenters. The monoisotopic (exact) mass is 236 g/mol. The number of carbonyl (C=O) groups is 1. The molecular formula is C13H20N2O2. The number of nitrogens with one attached hydrogen (secondary N) is 1. The zero-order valence-corrected chi connectivity index (χ0v) is 10.6. The van der Waals surface area contributed by atoms with Gasteiger partial charge in [0, 0.05) is 19.1 Å². The lowest BCUT2D eigenvalue weighted by Gasteiger charge is -2.24. The van der Waals surface area contributed by atoms with E-state index in [-0.39, 0.29) is 12.1 Å². The van der Waals surface area contributed by atoms with Gasteiger partial charge in [0.1, 0.15) is 0 Å². The Morgan fingerprint density at radius 1 is 1.41 bits per heavy atom. The lowest BCUT2D eigenvalue weighted by Crippen LogP contribution is -2.39. The number of hydrogen-bond donors (Lipinski definition) is 1. The fourth-order valence-corrected chi connectivity index (χ4v) is 1.49. The molecule has 1 aromatic rings. The van der Waals surface area contributed by atoms with E-state index in [1.165, 1.54) is 12.7 Å². The number of nitrogens with zero attached hydrogens (tertiary/aromatic N) is 1. The number of rotatable bonds is 5. The summed E-state index contributed by atoms with van der Waals surface area (Å²) in [6, 6.07) is 10.5. The van der Waals surface area contributed by atoms with E-state index in [1.54, 1.807) is 0 Å². The van der Waals surface area contributed by atoms with Gasteiger partial charge in [-0.05, 0) is 19.5 Å². The number of carbonyl (C=O) groups excluding carboxylic acids is 1. The summed E-state index contributed by atoms with van der Waals surface area (Å²) >= 11 is 0. The van der Waals surface area contributed by atoms with Crippen molar-refractivity contribution in [2.24, 2.45) is 0 Å². The number of benzene rings is 1. The predicted molar refractivity (Wildman–Crippen MR) is 67.8 cm³/mol. The Morgan fingerprint density at radius 3 is 2.65 bits per heavy atom. The van der Waals surface area contributed by atoms with Crippen LogP contribution in [-0.2, 0) is 11.3 Å². The molecule has 0 spiro atoms. The van der Waals surface area contributed by atoms with Crippen molar-refractivity contribution in [3.8, 4) is 0 Å². The summed E-state index contributed by atoms with van der Waals surface area (Å²) in [6.07, 6.45) is -0.384. The second-order valence-corrected chi connectivity index (χ2v) is 4.12. The third kappa shape index (κ3) is 4.87. The van der Waals surface area contributed by atoms with E-state index in [4.69, 9.17) is 0 Å². The Hall–Kier alpha value is -1.55. The average molecular weight is 236 g/mol. The van der Waals surface area contributed by atoms with Gasteiger partial charge in [0.05, 0.1) is 7.11 Å². The van der Waals surface area contributed by atoms with Gasteiger partial charge in [-0.15, -0.1) is 0 Å². The molecule has 0 radical (unpaired) electrons. The SMILES string of the molecule is COC(=O)NCC(C)N(C)Cc1ccccc1. The Bertz CT molecular complexity index is 341. The standard InChI is InChI=1S/C13H20N2O2/c1-11(9-14-13(16)17-3)15(2)10-12-7-5-4-6-8-12/h4-8,11H,9-10H2,1-3H3,(H,14,16). The molecule has 1 rings (SSSR count). The predicted octanol–water partition coefficient (Wildman–Crippen LogP) is 1.86. The van der Waals surface area contributed by atoms with Gasteiger partial charge in [0.15, 0.2) is 0 Å². The number of methoxy groups -OCH3 is 1. The number of amides is 1. The number of ether oxygens (including phenoxy) is 1. The van der Waals surface area contributed by atoms with E-state index in [1.807, 2.05) is 25.2 Å². The molecule has 0 fully saturated rings. The maximum absolute atomic E-state index is 10.9. The molecule has 1 aromatic carbocycles. The third-order valence-electron chi connectivity index (χ3n) is 2.75. The Morgan fingerprint density at radius 2 is 2.06 bits per heavy atom. The van der Waals surface area contributed by atoms with Crippen molar-refractivity contribution in [2.75, 3.05) is 20.7 Å². The molecule has 4 nitrogen and oxygen atoms in total. The summed E-state index contributed by atoms with van der Waals surface area (Å²) in [4.78, 5) is 13.1. The van der Waals surface area contributed by atoms with E-state index in [9.17, 15) is 4.79 Å². The number of hydrogen-bond acceptors (Lipinski definition) is 3. The van der Waals surface area contributed by atoms with Crippen molar-refractivity contribution in [3.05, 3.63) is 35.9 Å². The van der Waals surface area contributed by atoms with E-state index in [0.717, 1.165) is 6.54 Å². The topological polar surface area (TPSA) is 41.6 Å². The highest BCUT2D eigenvalue weighted by Gasteiger charge is 2.10. The minimum absolute atomic E-state index is 0.259. The van der Waals surface area contributed by atoms with Crippen molar-refractivity contribution < 1.29 is 9.53 Å². The summed E-state index contributed by atoms with van der Waals surface area (Å²) < 4.78 is 4.53. The van der Waals surface area contributed by atoms with Crippen LogP contribution >= 0.6 is 0 Å². The lowest BCUT2D eigenvalue weighted by molar-refractivity contribution is 0.164. The second kappa shape index (κ2) is 6.91. The highest BCUT2D eigenvalue weighted by atomic mass is 16.5. The van der Waals surface area contributed by atoms with Crippen LogP contribution in [-0.4, -0.2) is 37.7 Å². The van der Waals surface area contributed by atoms with Gasteiger partial charge in [-0.2, -0.15) is 0 Å². The first kappa shape index (κ1) is 13.5. The molecule has 17 heavy (non-hydrogen) atoms. The fourth-order valence-electron chi connectivity index (χ4n) is 1.49. The van der Waals surface area contributed by atoms with Gasteiger partial charge in [-0.1, -0.05) is 30.3 Å². The van der Waals surface area contributed by atoms with Crippen molar-refractivity contribution in [2.45, 2.75) is 19.5 Å². The summed E-state index contributed by atoms with van der Waals surface area (Å²) in [5.41, 5.74) is 1.26. The molecule has 0 aromatic heterocycles. The largest absolute Gasteiger partial charge is 0.453 e. The van der Waals surface area contributed by atoms with E-state index in [2.05, 4.69) is 34.0 Å². The minimum Gasteiger partial charge on any atom is -0.453 e. The summed E-state index contributed by atoms with van der Waals surface area (Å²) in [5, 5.41) is 2.70. The zero-order chi connectivity index (χ0) is 12.7. The van der Waals surface area contributed by atoms with Gasteiger partial charge >= 0.3 is 6.09 Å². The number of alkyl carbamates (subject to hydrolysis) is 1. The summed E-state index contributed by atoms with van der Waals surface area (Å²) in [6.45, 7) is 3.51. The highest BCUT2D eigenvalue weighted by molar-refractivity contribution is 5.66. The molecule has 94 valence electrons. The smallest absolute Gasteiger partial charge is 0.406 e. The molecule has 0 bridgehead atoms. The summed E-state index contributed by atoms with van der Waals surface area (Å²) in [5.74, 6) is 0. The van der Waals surface area contributed by atoms with Crippen LogP contribution in [0.4, 0.5) is 4.79 Å². The van der Waals surface area contributed by atoms with Crippen molar-refractivity contribution in [3.63, 3.8) is 0 Å². The molecule has 4 heteroatoms. The molecule has 0 heterocycles. The van der Waals surface area contributed by atoms with Crippen LogP contribution < -0.4 is 5.32 Å². The van der Waals surface area contributed by atoms with Crippen molar-refractivity contribution in [1.82, 2.24) is 10.2 Å². The zero-order valence-electron chi connectivity index (χ0n) is 10.6. The normalized spacial score (nSPS) is 12.2. The van der Waals surface area contributed by atoms with Crippen LogP contribution in [0.2, 0.25) is 0 Å². The van der Waals surface area contributed by atoms with Crippen LogP contribution in [0.3, 0.4) is 0 Å². The Balaban J connectivity index is 2.37.